The smallest absolute Gasteiger partial charge is 0.253 e. The number of nitrogens with zero attached hydrogens (tertiary/aromatic N) is 2. The first kappa shape index (κ1) is 17.5. The van der Waals surface area contributed by atoms with Crippen LogP contribution in [0.5, 0.6) is 5.75 Å². The monoisotopic (exact) mass is 354 g/mol. The van der Waals surface area contributed by atoms with E-state index in [0.717, 1.165) is 16.9 Å². The number of ether oxygens (including phenoxy) is 1. The summed E-state index contributed by atoms with van der Waals surface area (Å²) in [6.45, 7) is 4.45. The van der Waals surface area contributed by atoms with Gasteiger partial charge in [0, 0.05) is 25.9 Å². The van der Waals surface area contributed by atoms with Crippen LogP contribution in [0.25, 0.3) is 0 Å². The van der Waals surface area contributed by atoms with E-state index < -0.39 is 29.2 Å². The quantitative estimate of drug-likeness (QED) is 0.607. The zero-order chi connectivity index (χ0) is 18.1. The standard InChI is InChI=1S/C18H18F4N2O/c1-10-3-4-13(9-11(10)2)25-12-5-7-24(8-6-12)16-14(19)17(21)23-18(22)15(16)20/h3-4,9,12H,5-8H2,1-2H3. The van der Waals surface area contributed by atoms with Crippen LogP contribution in [0.1, 0.15) is 24.0 Å². The minimum Gasteiger partial charge on any atom is -0.490 e. The molecule has 0 unspecified atom stereocenters. The van der Waals surface area contributed by atoms with Crippen LogP contribution in [0, 0.1) is 37.4 Å². The van der Waals surface area contributed by atoms with Gasteiger partial charge in [0.1, 0.15) is 17.5 Å². The lowest BCUT2D eigenvalue weighted by Gasteiger charge is -2.34. The van der Waals surface area contributed by atoms with Gasteiger partial charge in [-0.3, -0.25) is 0 Å². The van der Waals surface area contributed by atoms with Gasteiger partial charge in [-0.1, -0.05) is 6.07 Å². The number of pyridine rings is 1. The lowest BCUT2D eigenvalue weighted by Crippen LogP contribution is -2.39. The van der Waals surface area contributed by atoms with Crippen molar-refractivity contribution >= 4 is 5.69 Å². The molecule has 0 N–H and O–H groups in total. The van der Waals surface area contributed by atoms with E-state index >= 15 is 0 Å². The fourth-order valence-corrected chi connectivity index (χ4v) is 2.93. The Balaban J connectivity index is 1.69. The number of aryl methyl sites for hydroxylation is 2. The van der Waals surface area contributed by atoms with Crippen molar-refractivity contribution < 1.29 is 22.3 Å². The van der Waals surface area contributed by atoms with Crippen LogP contribution in [-0.4, -0.2) is 24.2 Å². The number of benzene rings is 1. The molecule has 0 aliphatic carbocycles. The minimum absolute atomic E-state index is 0.124. The highest BCUT2D eigenvalue weighted by Gasteiger charge is 2.29. The van der Waals surface area contributed by atoms with Crippen molar-refractivity contribution in [2.24, 2.45) is 0 Å². The van der Waals surface area contributed by atoms with Gasteiger partial charge in [-0.2, -0.15) is 22.5 Å². The molecule has 0 spiro atoms. The second-order valence-electron chi connectivity index (χ2n) is 6.22. The number of hydrogen-bond donors (Lipinski definition) is 0. The molecule has 1 aromatic carbocycles. The number of rotatable bonds is 3. The van der Waals surface area contributed by atoms with Crippen LogP contribution in [0.4, 0.5) is 23.2 Å². The predicted octanol–water partition coefficient (Wildman–Crippen LogP) is 4.30. The molecule has 2 heterocycles. The van der Waals surface area contributed by atoms with Crippen molar-refractivity contribution in [2.75, 3.05) is 18.0 Å². The lowest BCUT2D eigenvalue weighted by molar-refractivity contribution is 0.170. The number of anilines is 1. The fourth-order valence-electron chi connectivity index (χ4n) is 2.93. The molecule has 0 saturated carbocycles. The Kier molecular flexibility index (Phi) is 4.83. The molecule has 1 aliphatic heterocycles. The molecule has 1 aromatic heterocycles. The Labute approximate surface area is 143 Å². The summed E-state index contributed by atoms with van der Waals surface area (Å²) in [5.41, 5.74) is 1.58. The van der Waals surface area contributed by atoms with Gasteiger partial charge in [0.15, 0.2) is 0 Å². The van der Waals surface area contributed by atoms with Gasteiger partial charge in [0.2, 0.25) is 11.6 Å². The van der Waals surface area contributed by atoms with E-state index in [4.69, 9.17) is 4.74 Å². The molecule has 0 amide bonds. The van der Waals surface area contributed by atoms with E-state index in [-0.39, 0.29) is 19.2 Å². The molecule has 7 heteroatoms. The van der Waals surface area contributed by atoms with Gasteiger partial charge in [-0.05, 0) is 37.1 Å². The SMILES string of the molecule is Cc1ccc(OC2CCN(c3c(F)c(F)nc(F)c3F)CC2)cc1C. The van der Waals surface area contributed by atoms with Crippen LogP contribution in [0.2, 0.25) is 0 Å². The van der Waals surface area contributed by atoms with Crippen molar-refractivity contribution in [2.45, 2.75) is 32.8 Å². The zero-order valence-corrected chi connectivity index (χ0v) is 14.0. The summed E-state index contributed by atoms with van der Waals surface area (Å²) in [6, 6.07) is 5.78. The first-order valence-corrected chi connectivity index (χ1v) is 8.05. The van der Waals surface area contributed by atoms with Crippen LogP contribution in [0.15, 0.2) is 18.2 Å². The van der Waals surface area contributed by atoms with E-state index in [1.165, 1.54) is 4.90 Å². The van der Waals surface area contributed by atoms with Crippen LogP contribution < -0.4 is 9.64 Å². The summed E-state index contributed by atoms with van der Waals surface area (Å²) in [5.74, 6) is -5.47. The lowest BCUT2D eigenvalue weighted by atomic mass is 10.1. The summed E-state index contributed by atoms with van der Waals surface area (Å²) in [7, 11) is 0. The van der Waals surface area contributed by atoms with Crippen LogP contribution >= 0.6 is 0 Å². The van der Waals surface area contributed by atoms with Crippen molar-refractivity contribution in [3.63, 3.8) is 0 Å². The number of piperidine rings is 1. The van der Waals surface area contributed by atoms with Crippen molar-refractivity contribution in [3.8, 4) is 5.75 Å². The maximum Gasteiger partial charge on any atom is 0.253 e. The highest BCUT2D eigenvalue weighted by atomic mass is 19.2. The molecule has 0 atom stereocenters. The molecule has 1 fully saturated rings. The molecule has 25 heavy (non-hydrogen) atoms. The molecular formula is C18H18F4N2O. The maximum absolute atomic E-state index is 13.8. The second-order valence-corrected chi connectivity index (χ2v) is 6.22. The first-order valence-electron chi connectivity index (χ1n) is 8.05. The summed E-state index contributed by atoms with van der Waals surface area (Å²) in [5, 5.41) is 0. The van der Waals surface area contributed by atoms with Crippen molar-refractivity contribution in [1.29, 1.82) is 0 Å². The molecule has 2 aromatic rings. The molecule has 1 saturated heterocycles. The molecule has 3 nitrogen and oxygen atoms in total. The first-order chi connectivity index (χ1) is 11.9. The van der Waals surface area contributed by atoms with Crippen LogP contribution in [0.3, 0.4) is 0 Å². The Morgan fingerprint density at radius 3 is 2.12 bits per heavy atom. The fraction of sp³-hybridized carbons (Fsp3) is 0.389. The van der Waals surface area contributed by atoms with Gasteiger partial charge in [0.25, 0.3) is 11.9 Å². The highest BCUT2D eigenvalue weighted by Crippen LogP contribution is 2.30. The molecular weight excluding hydrogens is 336 g/mol. The van der Waals surface area contributed by atoms with Gasteiger partial charge in [0.05, 0.1) is 0 Å². The highest BCUT2D eigenvalue weighted by molar-refractivity contribution is 5.49. The Morgan fingerprint density at radius 1 is 0.960 bits per heavy atom. The van der Waals surface area contributed by atoms with Crippen LogP contribution in [-0.2, 0) is 0 Å². The van der Waals surface area contributed by atoms with Gasteiger partial charge < -0.3 is 9.64 Å². The molecule has 3 rings (SSSR count). The predicted molar refractivity (Wildman–Crippen MR) is 85.8 cm³/mol. The van der Waals surface area contributed by atoms with Crippen molar-refractivity contribution in [3.05, 3.63) is 52.9 Å². The van der Waals surface area contributed by atoms with Gasteiger partial charge in [-0.15, -0.1) is 0 Å². The number of hydrogen-bond acceptors (Lipinski definition) is 3. The van der Waals surface area contributed by atoms with Gasteiger partial charge in [-0.25, -0.2) is 0 Å². The molecule has 1 aliphatic rings. The number of aromatic nitrogens is 1. The third-order valence-corrected chi connectivity index (χ3v) is 4.51. The average molecular weight is 354 g/mol. The normalized spacial score (nSPS) is 15.5. The maximum atomic E-state index is 13.8. The molecule has 0 bridgehead atoms. The Morgan fingerprint density at radius 2 is 1.56 bits per heavy atom. The summed E-state index contributed by atoms with van der Waals surface area (Å²) < 4.78 is 60.1. The minimum atomic E-state index is -1.64. The van der Waals surface area contributed by atoms with E-state index in [9.17, 15) is 17.6 Å². The third-order valence-electron chi connectivity index (χ3n) is 4.51. The van der Waals surface area contributed by atoms with E-state index in [1.54, 1.807) is 0 Å². The molecule has 0 radical (unpaired) electrons. The van der Waals surface area contributed by atoms with Gasteiger partial charge >= 0.3 is 0 Å². The topological polar surface area (TPSA) is 25.4 Å². The summed E-state index contributed by atoms with van der Waals surface area (Å²) in [6.07, 6.45) is 0.843. The summed E-state index contributed by atoms with van der Waals surface area (Å²) in [4.78, 5) is 3.87. The number of halogens is 4. The summed E-state index contributed by atoms with van der Waals surface area (Å²) >= 11 is 0. The van der Waals surface area contributed by atoms with E-state index in [1.807, 2.05) is 32.0 Å². The Hall–Kier alpha value is -2.31. The zero-order valence-electron chi connectivity index (χ0n) is 14.0. The van der Waals surface area contributed by atoms with E-state index in [0.29, 0.717) is 12.8 Å². The van der Waals surface area contributed by atoms with Crippen molar-refractivity contribution in [1.82, 2.24) is 4.98 Å². The third kappa shape index (κ3) is 3.55. The largest absolute Gasteiger partial charge is 0.490 e. The second kappa shape index (κ2) is 6.90. The molecule has 134 valence electrons. The Bertz CT molecular complexity index is 763. The van der Waals surface area contributed by atoms with E-state index in [2.05, 4.69) is 4.98 Å². The average Bonchev–Trinajstić information content (AvgIpc) is 2.58.